The molecule has 0 saturated carbocycles. The summed E-state index contributed by atoms with van der Waals surface area (Å²) in [6.07, 6.45) is 7.51. The lowest BCUT2D eigenvalue weighted by Gasteiger charge is -2.20. The number of hydrogen-bond acceptors (Lipinski definition) is 2. The highest BCUT2D eigenvalue weighted by Crippen LogP contribution is 2.29. The first-order valence-electron chi connectivity index (χ1n) is 5.83. The highest BCUT2D eigenvalue weighted by molar-refractivity contribution is 5.86. The molecule has 90 valence electrons. The molecule has 0 spiro atoms. The Hall–Kier alpha value is -0.890. The van der Waals surface area contributed by atoms with Crippen LogP contribution >= 0.6 is 0 Å². The molecule has 0 aromatic carbocycles. The number of Topliss-reactive ketones (excluding diaryl/α,β-unsaturated/α-hetero) is 1. The van der Waals surface area contributed by atoms with Gasteiger partial charge in [0.25, 0.3) is 0 Å². The largest absolute Gasteiger partial charge is 0.384 e. The van der Waals surface area contributed by atoms with Crippen molar-refractivity contribution < 1.29 is 9.53 Å². The van der Waals surface area contributed by atoms with Gasteiger partial charge in [-0.2, -0.15) is 0 Å². The van der Waals surface area contributed by atoms with E-state index in [1.807, 2.05) is 18.2 Å². The predicted octanol–water partition coefficient (Wildman–Crippen LogP) is 3.14. The first-order valence-corrected chi connectivity index (χ1v) is 5.83. The van der Waals surface area contributed by atoms with Crippen molar-refractivity contribution in [3.8, 4) is 0 Å². The van der Waals surface area contributed by atoms with Crippen molar-refractivity contribution >= 4 is 5.78 Å². The Morgan fingerprint density at radius 1 is 1.44 bits per heavy atom. The first kappa shape index (κ1) is 13.2. The number of hydrogen-bond donors (Lipinski definition) is 0. The Morgan fingerprint density at radius 2 is 2.12 bits per heavy atom. The van der Waals surface area contributed by atoms with Gasteiger partial charge in [-0.1, -0.05) is 44.6 Å². The fourth-order valence-electron chi connectivity index (χ4n) is 1.92. The van der Waals surface area contributed by atoms with Crippen LogP contribution in [-0.4, -0.2) is 19.5 Å². The van der Waals surface area contributed by atoms with Crippen LogP contribution in [0.25, 0.3) is 0 Å². The van der Waals surface area contributed by atoms with Crippen molar-refractivity contribution in [1.29, 1.82) is 0 Å². The van der Waals surface area contributed by atoms with Gasteiger partial charge in [0.1, 0.15) is 5.78 Å². The van der Waals surface area contributed by atoms with E-state index in [-0.39, 0.29) is 11.3 Å². The highest BCUT2D eigenvalue weighted by atomic mass is 16.5. The Labute approximate surface area is 98.4 Å². The average molecular weight is 222 g/mol. The lowest BCUT2D eigenvalue weighted by molar-refractivity contribution is -0.122. The van der Waals surface area contributed by atoms with Gasteiger partial charge in [-0.3, -0.25) is 4.79 Å². The lowest BCUT2D eigenvalue weighted by Crippen LogP contribution is -2.20. The normalized spacial score (nSPS) is 20.0. The quantitative estimate of drug-likeness (QED) is 0.714. The van der Waals surface area contributed by atoms with E-state index in [9.17, 15) is 4.79 Å². The van der Waals surface area contributed by atoms with E-state index >= 15 is 0 Å². The van der Waals surface area contributed by atoms with Gasteiger partial charge < -0.3 is 4.74 Å². The van der Waals surface area contributed by atoms with Crippen LogP contribution in [-0.2, 0) is 9.53 Å². The molecule has 0 bridgehead atoms. The Morgan fingerprint density at radius 3 is 2.69 bits per heavy atom. The van der Waals surface area contributed by atoms with Gasteiger partial charge in [0.2, 0.25) is 0 Å². The minimum Gasteiger partial charge on any atom is -0.384 e. The summed E-state index contributed by atoms with van der Waals surface area (Å²) in [5.41, 5.74) is 1.26. The highest BCUT2D eigenvalue weighted by Gasteiger charge is 2.26. The van der Waals surface area contributed by atoms with Gasteiger partial charge in [0.05, 0.1) is 5.92 Å². The fraction of sp³-hybridized carbons (Fsp3) is 0.643. The molecule has 1 unspecified atom stereocenters. The van der Waals surface area contributed by atoms with E-state index in [0.29, 0.717) is 18.8 Å². The molecule has 0 aromatic heterocycles. The summed E-state index contributed by atoms with van der Waals surface area (Å²) in [5.74, 6) is 0.318. The van der Waals surface area contributed by atoms with Gasteiger partial charge in [-0.15, -0.1) is 0 Å². The fourth-order valence-corrected chi connectivity index (χ4v) is 1.92. The van der Waals surface area contributed by atoms with E-state index in [4.69, 9.17) is 4.74 Å². The van der Waals surface area contributed by atoms with Gasteiger partial charge in [0, 0.05) is 20.1 Å². The van der Waals surface area contributed by atoms with E-state index in [1.165, 1.54) is 5.57 Å². The molecule has 0 aliphatic heterocycles. The van der Waals surface area contributed by atoms with E-state index in [2.05, 4.69) is 20.8 Å². The van der Waals surface area contributed by atoms with E-state index < -0.39 is 0 Å². The summed E-state index contributed by atoms with van der Waals surface area (Å²) in [7, 11) is 1.69. The summed E-state index contributed by atoms with van der Waals surface area (Å²) < 4.78 is 5.05. The van der Waals surface area contributed by atoms with Crippen molar-refractivity contribution in [2.75, 3.05) is 13.7 Å². The van der Waals surface area contributed by atoms with Crippen LogP contribution in [0.5, 0.6) is 0 Å². The van der Waals surface area contributed by atoms with Crippen LogP contribution in [0.3, 0.4) is 0 Å². The number of allylic oxidation sites excluding steroid dienone is 3. The molecule has 0 saturated heterocycles. The molecule has 0 N–H and O–H groups in total. The third kappa shape index (κ3) is 3.93. The molecule has 1 atom stereocenters. The van der Waals surface area contributed by atoms with Crippen LogP contribution in [0.15, 0.2) is 23.8 Å². The predicted molar refractivity (Wildman–Crippen MR) is 66.3 cm³/mol. The molecule has 0 fully saturated rings. The summed E-state index contributed by atoms with van der Waals surface area (Å²) in [5, 5.41) is 0. The number of rotatable bonds is 5. The number of methoxy groups -OCH3 is 1. The standard InChI is InChI=1S/C14H22O2/c1-14(2,3)10-13(15)12-7-5-6-11(12)8-9-16-4/h5-7,12H,8-10H2,1-4H3. The molecule has 1 aliphatic rings. The molecule has 16 heavy (non-hydrogen) atoms. The molecule has 1 aliphatic carbocycles. The average Bonchev–Trinajstić information content (AvgIpc) is 2.59. The second-order valence-electron chi connectivity index (χ2n) is 5.55. The number of carbonyl (C=O) groups excluding carboxylic acids is 1. The van der Waals surface area contributed by atoms with Crippen molar-refractivity contribution in [3.05, 3.63) is 23.8 Å². The zero-order chi connectivity index (χ0) is 12.2. The van der Waals surface area contributed by atoms with Crippen molar-refractivity contribution in [3.63, 3.8) is 0 Å². The lowest BCUT2D eigenvalue weighted by atomic mass is 9.83. The minimum atomic E-state index is -0.00521. The third-order valence-corrected chi connectivity index (χ3v) is 2.66. The van der Waals surface area contributed by atoms with Crippen molar-refractivity contribution in [1.82, 2.24) is 0 Å². The van der Waals surface area contributed by atoms with Crippen LogP contribution in [0.2, 0.25) is 0 Å². The molecule has 0 amide bonds. The smallest absolute Gasteiger partial charge is 0.144 e. The summed E-state index contributed by atoms with van der Waals surface area (Å²) in [6, 6.07) is 0. The van der Waals surface area contributed by atoms with E-state index in [1.54, 1.807) is 7.11 Å². The van der Waals surface area contributed by atoms with Gasteiger partial charge >= 0.3 is 0 Å². The summed E-state index contributed by atoms with van der Waals surface area (Å²) >= 11 is 0. The molecular formula is C14H22O2. The minimum absolute atomic E-state index is 0.00521. The summed E-state index contributed by atoms with van der Waals surface area (Å²) in [6.45, 7) is 6.99. The van der Waals surface area contributed by atoms with E-state index in [0.717, 1.165) is 6.42 Å². The zero-order valence-corrected chi connectivity index (χ0v) is 10.7. The second-order valence-corrected chi connectivity index (χ2v) is 5.55. The zero-order valence-electron chi connectivity index (χ0n) is 10.7. The topological polar surface area (TPSA) is 26.3 Å². The molecule has 0 radical (unpaired) electrons. The SMILES string of the molecule is COCCC1=CC=CC1C(=O)CC(C)(C)C. The molecular weight excluding hydrogens is 200 g/mol. The number of ketones is 1. The third-order valence-electron chi connectivity index (χ3n) is 2.66. The second kappa shape index (κ2) is 5.44. The number of carbonyl (C=O) groups is 1. The summed E-state index contributed by atoms with van der Waals surface area (Å²) in [4.78, 5) is 12.1. The maximum atomic E-state index is 12.1. The molecule has 2 heteroatoms. The molecule has 0 aromatic rings. The van der Waals surface area contributed by atoms with Gasteiger partial charge in [-0.05, 0) is 11.8 Å². The first-order chi connectivity index (χ1) is 7.44. The van der Waals surface area contributed by atoms with Crippen LogP contribution in [0.1, 0.15) is 33.6 Å². The van der Waals surface area contributed by atoms with Crippen LogP contribution < -0.4 is 0 Å². The Kier molecular flexibility index (Phi) is 4.48. The Balaban J connectivity index is 2.56. The van der Waals surface area contributed by atoms with Crippen molar-refractivity contribution in [2.24, 2.45) is 11.3 Å². The van der Waals surface area contributed by atoms with Gasteiger partial charge in [0.15, 0.2) is 0 Å². The van der Waals surface area contributed by atoms with Crippen molar-refractivity contribution in [2.45, 2.75) is 33.6 Å². The monoisotopic (exact) mass is 222 g/mol. The Bertz CT molecular complexity index is 305. The maximum Gasteiger partial charge on any atom is 0.144 e. The van der Waals surface area contributed by atoms with Crippen LogP contribution in [0.4, 0.5) is 0 Å². The molecule has 1 rings (SSSR count). The van der Waals surface area contributed by atoms with Gasteiger partial charge in [-0.25, -0.2) is 0 Å². The number of ether oxygens (including phenoxy) is 1. The van der Waals surface area contributed by atoms with Crippen LogP contribution in [0, 0.1) is 11.3 Å². The molecule has 2 nitrogen and oxygen atoms in total. The maximum absolute atomic E-state index is 12.1. The molecule has 0 heterocycles.